The minimum absolute atomic E-state index is 0.0297. The fraction of sp³-hybridized carbons (Fsp3) is 1.00. The third-order valence-electron chi connectivity index (χ3n) is 1.42. The first-order valence-electron chi connectivity index (χ1n) is 2.85. The molecule has 2 atom stereocenters. The lowest BCUT2D eigenvalue weighted by molar-refractivity contribution is 0.402. The second kappa shape index (κ2) is 2.58. The van der Waals surface area contributed by atoms with Gasteiger partial charge in [0, 0.05) is 0 Å². The van der Waals surface area contributed by atoms with Crippen molar-refractivity contribution < 1.29 is 9.30 Å². The number of rotatable bonds is 3. The first-order chi connectivity index (χ1) is 4.64. The van der Waals surface area contributed by atoms with Crippen LogP contribution in [-0.2, 0) is 9.30 Å². The summed E-state index contributed by atoms with van der Waals surface area (Å²) in [7, 11) is -2.86. The first kappa shape index (κ1) is 8.13. The molecule has 1 rings (SSSR count). The van der Waals surface area contributed by atoms with Crippen molar-refractivity contribution in [1.82, 2.24) is 10.4 Å². The van der Waals surface area contributed by atoms with E-state index in [4.69, 9.17) is 16.4 Å². The van der Waals surface area contributed by atoms with Gasteiger partial charge in [0.25, 0.3) is 7.44 Å². The number of epoxide rings is 1. The fourth-order valence-corrected chi connectivity index (χ4v) is 2.06. The molecule has 6 N–H and O–H groups in total. The van der Waals surface area contributed by atoms with E-state index in [1.165, 1.54) is 0 Å². The maximum Gasteiger partial charge on any atom is 0.267 e. The van der Waals surface area contributed by atoms with Crippen LogP contribution in [0.5, 0.6) is 0 Å². The van der Waals surface area contributed by atoms with Crippen LogP contribution in [0.2, 0.25) is 0 Å². The molecule has 0 radical (unpaired) electrons. The van der Waals surface area contributed by atoms with Gasteiger partial charge < -0.3 is 4.74 Å². The van der Waals surface area contributed by atoms with Crippen molar-refractivity contribution in [3.8, 4) is 0 Å². The number of hydrogen-bond donors (Lipinski definition) is 4. The maximum absolute atomic E-state index is 11.3. The normalized spacial score (nSPS) is 32.3. The van der Waals surface area contributed by atoms with Crippen molar-refractivity contribution in [2.24, 2.45) is 11.7 Å². The molecule has 1 fully saturated rings. The van der Waals surface area contributed by atoms with E-state index in [1.807, 2.05) is 0 Å². The summed E-state index contributed by atoms with van der Waals surface area (Å²) in [5.74, 6) is 9.60. The van der Waals surface area contributed by atoms with E-state index >= 15 is 0 Å². The highest BCUT2D eigenvalue weighted by Gasteiger charge is 2.49. The van der Waals surface area contributed by atoms with Gasteiger partial charge in [0.05, 0.1) is 6.10 Å². The highest BCUT2D eigenvalue weighted by atomic mass is 31.2. The van der Waals surface area contributed by atoms with Crippen molar-refractivity contribution >= 4 is 7.44 Å². The summed E-state index contributed by atoms with van der Waals surface area (Å²) in [6.45, 7) is 1.80. The Morgan fingerprint density at radius 2 is 1.90 bits per heavy atom. The van der Waals surface area contributed by atoms with Crippen LogP contribution < -0.4 is 22.1 Å². The molecule has 60 valence electrons. The molecule has 1 heterocycles. The molecule has 7 heteroatoms. The average Bonchev–Trinajstić information content (AvgIpc) is 2.66. The van der Waals surface area contributed by atoms with Gasteiger partial charge in [-0.2, -0.15) is 10.4 Å². The van der Waals surface area contributed by atoms with Crippen molar-refractivity contribution in [1.29, 1.82) is 0 Å². The lowest BCUT2D eigenvalue weighted by Crippen LogP contribution is -2.34. The van der Waals surface area contributed by atoms with Crippen molar-refractivity contribution in [2.45, 2.75) is 18.9 Å². The quantitative estimate of drug-likeness (QED) is 0.182. The molecular formula is C3H11N4O2P. The predicted molar refractivity (Wildman–Crippen MR) is 36.6 cm³/mol. The number of ether oxygens (including phenoxy) is 1. The molecule has 1 saturated heterocycles. The molecule has 6 nitrogen and oxygen atoms in total. The van der Waals surface area contributed by atoms with Gasteiger partial charge in [0.1, 0.15) is 0 Å². The van der Waals surface area contributed by atoms with Crippen molar-refractivity contribution in [3.63, 3.8) is 0 Å². The van der Waals surface area contributed by atoms with E-state index in [0.29, 0.717) is 0 Å². The molecule has 0 aromatic carbocycles. The van der Waals surface area contributed by atoms with Gasteiger partial charge in [-0.3, -0.25) is 16.3 Å². The zero-order chi connectivity index (χ0) is 7.78. The molecule has 0 amide bonds. The second-order valence-electron chi connectivity index (χ2n) is 2.15. The smallest absolute Gasteiger partial charge is 0.267 e. The summed E-state index contributed by atoms with van der Waals surface area (Å²) >= 11 is 0. The topological polar surface area (TPSA) is 106 Å². The van der Waals surface area contributed by atoms with E-state index in [9.17, 15) is 4.57 Å². The molecule has 2 unspecified atom stereocenters. The first-order valence-corrected chi connectivity index (χ1v) is 4.62. The lowest BCUT2D eigenvalue weighted by atomic mass is 10.6. The van der Waals surface area contributed by atoms with Crippen molar-refractivity contribution in [2.75, 3.05) is 0 Å². The summed E-state index contributed by atoms with van der Waals surface area (Å²) in [6.07, 6.45) is -0.0297. The standard InChI is InChI=1S/C3H11N4O2P/c1-2-3(9-2)10(8,6-4)7-5/h2-3H,4-5H2,1H3,(H2,6,7,8). The monoisotopic (exact) mass is 166 g/mol. The van der Waals surface area contributed by atoms with Crippen LogP contribution in [0.4, 0.5) is 0 Å². The number of hydrazine groups is 2. The maximum atomic E-state index is 11.3. The van der Waals surface area contributed by atoms with Gasteiger partial charge in [-0.25, -0.2) is 0 Å². The minimum atomic E-state index is -2.86. The predicted octanol–water partition coefficient (Wildman–Crippen LogP) is -1.15. The van der Waals surface area contributed by atoms with E-state index in [-0.39, 0.29) is 11.9 Å². The van der Waals surface area contributed by atoms with Gasteiger partial charge in [-0.15, -0.1) is 0 Å². The number of nitrogens with one attached hydrogen (secondary N) is 2. The van der Waals surface area contributed by atoms with E-state index in [1.54, 1.807) is 6.92 Å². The minimum Gasteiger partial charge on any atom is -0.359 e. The Bertz CT molecular complexity index is 166. The molecule has 1 aliphatic rings. The van der Waals surface area contributed by atoms with Gasteiger partial charge >= 0.3 is 0 Å². The average molecular weight is 166 g/mol. The van der Waals surface area contributed by atoms with Crippen LogP contribution in [0, 0.1) is 0 Å². The Morgan fingerprint density at radius 3 is 2.00 bits per heavy atom. The summed E-state index contributed by atoms with van der Waals surface area (Å²) in [4.78, 5) is 0. The van der Waals surface area contributed by atoms with Crippen LogP contribution in [0.1, 0.15) is 6.92 Å². The Kier molecular flexibility index (Phi) is 2.10. The number of nitrogens with two attached hydrogens (primary N) is 2. The second-order valence-corrected chi connectivity index (χ2v) is 4.49. The van der Waals surface area contributed by atoms with E-state index < -0.39 is 7.44 Å². The molecule has 1 aliphatic heterocycles. The molecule has 0 aliphatic carbocycles. The van der Waals surface area contributed by atoms with Crippen LogP contribution in [0.3, 0.4) is 0 Å². The number of hydrogen-bond acceptors (Lipinski definition) is 4. The molecule has 0 saturated carbocycles. The van der Waals surface area contributed by atoms with Gasteiger partial charge in [0.15, 0.2) is 5.85 Å². The zero-order valence-electron chi connectivity index (χ0n) is 5.57. The van der Waals surface area contributed by atoms with Crippen molar-refractivity contribution in [3.05, 3.63) is 0 Å². The van der Waals surface area contributed by atoms with Crippen LogP contribution in [0.25, 0.3) is 0 Å². The third kappa shape index (κ3) is 1.22. The third-order valence-corrected chi connectivity index (χ3v) is 3.45. The Labute approximate surface area is 58.7 Å². The van der Waals surface area contributed by atoms with Gasteiger partial charge in [-0.1, -0.05) is 0 Å². The molecule has 0 bridgehead atoms. The van der Waals surface area contributed by atoms with Gasteiger partial charge in [-0.05, 0) is 6.92 Å². The SMILES string of the molecule is CC1OC1P(=O)(NN)NN. The highest BCUT2D eigenvalue weighted by Crippen LogP contribution is 2.51. The fourth-order valence-electron chi connectivity index (χ4n) is 0.740. The molecule has 10 heavy (non-hydrogen) atoms. The van der Waals surface area contributed by atoms with Crippen LogP contribution in [-0.4, -0.2) is 11.9 Å². The van der Waals surface area contributed by atoms with Gasteiger partial charge in [0.2, 0.25) is 0 Å². The molecule has 0 aromatic heterocycles. The van der Waals surface area contributed by atoms with Crippen LogP contribution >= 0.6 is 7.44 Å². The summed E-state index contributed by atoms with van der Waals surface area (Å²) in [5.41, 5.74) is 0. The largest absolute Gasteiger partial charge is 0.359 e. The molecule has 0 spiro atoms. The molecule has 0 aromatic rings. The summed E-state index contributed by atoms with van der Waals surface area (Å²) in [6, 6.07) is 0. The Morgan fingerprint density at radius 1 is 1.50 bits per heavy atom. The van der Waals surface area contributed by atoms with E-state index in [0.717, 1.165) is 0 Å². The van der Waals surface area contributed by atoms with Crippen LogP contribution in [0.15, 0.2) is 0 Å². The Balaban J connectivity index is 2.57. The molecular weight excluding hydrogens is 155 g/mol. The Hall–Kier alpha value is 0.0300. The lowest BCUT2D eigenvalue weighted by Gasteiger charge is -2.11. The summed E-state index contributed by atoms with van der Waals surface area (Å²) in [5, 5.41) is 4.23. The summed E-state index contributed by atoms with van der Waals surface area (Å²) < 4.78 is 16.2. The zero-order valence-corrected chi connectivity index (χ0v) is 6.47. The highest BCUT2D eigenvalue weighted by molar-refractivity contribution is 7.60. The van der Waals surface area contributed by atoms with E-state index in [2.05, 4.69) is 10.4 Å².